The molecule has 3 aliphatic rings. The summed E-state index contributed by atoms with van der Waals surface area (Å²) in [4.78, 5) is 18.5. The molecule has 0 saturated carbocycles. The molecule has 1 saturated heterocycles. The monoisotopic (exact) mass is 292 g/mol. The molecule has 6 heteroatoms. The summed E-state index contributed by atoms with van der Waals surface area (Å²) in [6.45, 7) is 8.90. The number of amides is 1. The molecule has 0 aromatic carbocycles. The Morgan fingerprint density at radius 1 is 1.43 bits per heavy atom. The van der Waals surface area contributed by atoms with Crippen molar-refractivity contribution in [3.63, 3.8) is 0 Å². The second-order valence-corrected chi connectivity index (χ2v) is 6.82. The fourth-order valence-corrected chi connectivity index (χ4v) is 2.98. The van der Waals surface area contributed by atoms with Crippen LogP contribution in [0.4, 0.5) is 4.79 Å². The van der Waals surface area contributed by atoms with Crippen LogP contribution in [0.25, 0.3) is 0 Å². The van der Waals surface area contributed by atoms with Crippen LogP contribution in [0, 0.1) is 0 Å². The number of fused-ring (bicyclic) bond motifs is 2. The lowest BCUT2D eigenvalue weighted by atomic mass is 9.99. The topological polar surface area (TPSA) is 57.2 Å². The van der Waals surface area contributed by atoms with E-state index in [0.717, 1.165) is 38.2 Å². The Morgan fingerprint density at radius 3 is 3.00 bits per heavy atom. The molecule has 0 aliphatic carbocycles. The fraction of sp³-hybridized carbons (Fsp3) is 0.733. The van der Waals surface area contributed by atoms with E-state index in [4.69, 9.17) is 4.74 Å². The van der Waals surface area contributed by atoms with E-state index in [1.807, 2.05) is 27.0 Å². The molecule has 3 heterocycles. The number of hydrogen-bond donors (Lipinski definition) is 1. The van der Waals surface area contributed by atoms with E-state index >= 15 is 0 Å². The maximum Gasteiger partial charge on any atom is 0.410 e. The van der Waals surface area contributed by atoms with Crippen LogP contribution in [0.15, 0.2) is 16.3 Å². The number of likely N-dealkylation sites (tertiary alicyclic amines) is 1. The van der Waals surface area contributed by atoms with Crippen molar-refractivity contribution in [1.29, 1.82) is 0 Å². The van der Waals surface area contributed by atoms with Gasteiger partial charge in [-0.05, 0) is 39.2 Å². The molecule has 1 atom stereocenters. The van der Waals surface area contributed by atoms with Crippen molar-refractivity contribution in [1.82, 2.24) is 15.3 Å². The van der Waals surface area contributed by atoms with Gasteiger partial charge in [0.15, 0.2) is 0 Å². The quantitative estimate of drug-likeness (QED) is 0.736. The standard InChI is InChI=1S/C15H24N4O2/c1-15(2,3)21-14(20)18-8-5-12-11(10-18)13-9-16-6-4-7-19(13)17-12/h9,12,17H,4-8,10H2,1-3H3. The van der Waals surface area contributed by atoms with Gasteiger partial charge in [-0.1, -0.05) is 0 Å². The smallest absolute Gasteiger partial charge is 0.410 e. The Bertz CT molecular complexity index is 492. The summed E-state index contributed by atoms with van der Waals surface area (Å²) in [7, 11) is 0. The number of carbonyl (C=O) groups is 1. The number of nitrogens with one attached hydrogen (secondary N) is 1. The molecule has 1 unspecified atom stereocenters. The van der Waals surface area contributed by atoms with Gasteiger partial charge in [-0.2, -0.15) is 0 Å². The molecule has 21 heavy (non-hydrogen) atoms. The zero-order valence-corrected chi connectivity index (χ0v) is 13.1. The Balaban J connectivity index is 1.76. The van der Waals surface area contributed by atoms with E-state index in [-0.39, 0.29) is 6.09 Å². The molecule has 0 spiro atoms. The zero-order chi connectivity index (χ0) is 15.0. The number of hydrazine groups is 1. The molecule has 1 amide bonds. The third-order valence-corrected chi connectivity index (χ3v) is 3.94. The van der Waals surface area contributed by atoms with Crippen LogP contribution in [0.5, 0.6) is 0 Å². The zero-order valence-electron chi connectivity index (χ0n) is 13.1. The Morgan fingerprint density at radius 2 is 2.24 bits per heavy atom. The van der Waals surface area contributed by atoms with E-state index < -0.39 is 5.60 Å². The van der Waals surface area contributed by atoms with Gasteiger partial charge in [0.05, 0.1) is 11.7 Å². The van der Waals surface area contributed by atoms with Gasteiger partial charge in [-0.15, -0.1) is 0 Å². The number of piperidine rings is 1. The molecule has 6 nitrogen and oxygen atoms in total. The summed E-state index contributed by atoms with van der Waals surface area (Å²) in [6.07, 6.45) is 3.71. The average Bonchev–Trinajstić information content (AvgIpc) is 2.58. The maximum atomic E-state index is 12.2. The maximum absolute atomic E-state index is 12.2. The first kappa shape index (κ1) is 14.4. The van der Waals surface area contributed by atoms with Crippen LogP contribution in [-0.2, 0) is 4.74 Å². The van der Waals surface area contributed by atoms with Gasteiger partial charge in [0.1, 0.15) is 5.60 Å². The summed E-state index contributed by atoms with van der Waals surface area (Å²) in [5, 5.41) is 2.19. The van der Waals surface area contributed by atoms with Crippen LogP contribution in [-0.4, -0.2) is 60.0 Å². The fourth-order valence-electron chi connectivity index (χ4n) is 2.98. The second kappa shape index (κ2) is 5.33. The number of ether oxygens (including phenoxy) is 1. The summed E-state index contributed by atoms with van der Waals surface area (Å²) in [5.74, 6) is 0. The molecule has 0 aromatic rings. The van der Waals surface area contributed by atoms with E-state index in [9.17, 15) is 4.79 Å². The highest BCUT2D eigenvalue weighted by atomic mass is 16.6. The van der Waals surface area contributed by atoms with Gasteiger partial charge in [-0.3, -0.25) is 4.99 Å². The van der Waals surface area contributed by atoms with Crippen molar-refractivity contribution in [3.8, 4) is 0 Å². The lowest BCUT2D eigenvalue weighted by molar-refractivity contribution is 0.0237. The minimum absolute atomic E-state index is 0.224. The molecule has 3 rings (SSSR count). The van der Waals surface area contributed by atoms with Gasteiger partial charge in [0, 0.05) is 32.4 Å². The van der Waals surface area contributed by atoms with Gasteiger partial charge >= 0.3 is 6.09 Å². The lowest BCUT2D eigenvalue weighted by Crippen LogP contribution is -2.47. The summed E-state index contributed by atoms with van der Waals surface area (Å²) in [5.41, 5.74) is 5.49. The first-order chi connectivity index (χ1) is 9.94. The highest BCUT2D eigenvalue weighted by Crippen LogP contribution is 2.28. The molecular weight excluding hydrogens is 268 g/mol. The lowest BCUT2D eigenvalue weighted by Gasteiger charge is -2.33. The Labute approximate surface area is 125 Å². The number of aliphatic imine (C=N–C) groups is 1. The van der Waals surface area contributed by atoms with Crippen molar-refractivity contribution >= 4 is 12.3 Å². The minimum atomic E-state index is -0.449. The molecule has 0 aromatic heterocycles. The van der Waals surface area contributed by atoms with E-state index in [0.29, 0.717) is 12.6 Å². The van der Waals surface area contributed by atoms with E-state index in [1.165, 1.54) is 5.57 Å². The molecule has 1 fully saturated rings. The van der Waals surface area contributed by atoms with Crippen LogP contribution >= 0.6 is 0 Å². The van der Waals surface area contributed by atoms with Gasteiger partial charge in [-0.25, -0.2) is 10.2 Å². The third-order valence-electron chi connectivity index (χ3n) is 3.94. The van der Waals surface area contributed by atoms with Gasteiger partial charge < -0.3 is 14.6 Å². The number of rotatable bonds is 0. The number of allylic oxidation sites excluding steroid dienone is 1. The third kappa shape index (κ3) is 3.05. The molecule has 0 radical (unpaired) electrons. The van der Waals surface area contributed by atoms with E-state index in [1.54, 1.807) is 4.90 Å². The second-order valence-electron chi connectivity index (χ2n) is 6.82. The molecule has 1 N–H and O–H groups in total. The summed E-state index contributed by atoms with van der Waals surface area (Å²) >= 11 is 0. The highest BCUT2D eigenvalue weighted by molar-refractivity contribution is 5.81. The summed E-state index contributed by atoms with van der Waals surface area (Å²) < 4.78 is 5.48. The van der Waals surface area contributed by atoms with Gasteiger partial charge in [0.25, 0.3) is 0 Å². The first-order valence-corrected chi connectivity index (χ1v) is 7.68. The van der Waals surface area contributed by atoms with Gasteiger partial charge in [0.2, 0.25) is 0 Å². The molecule has 3 aliphatic heterocycles. The van der Waals surface area contributed by atoms with Crippen LogP contribution < -0.4 is 5.43 Å². The minimum Gasteiger partial charge on any atom is -0.444 e. The average molecular weight is 292 g/mol. The Kier molecular flexibility index (Phi) is 3.65. The molecule has 116 valence electrons. The van der Waals surface area contributed by atoms with Crippen molar-refractivity contribution in [2.75, 3.05) is 26.2 Å². The molecular formula is C15H24N4O2. The van der Waals surface area contributed by atoms with Crippen LogP contribution in [0.2, 0.25) is 0 Å². The van der Waals surface area contributed by atoms with Crippen molar-refractivity contribution in [3.05, 3.63) is 11.3 Å². The number of carbonyl (C=O) groups excluding carboxylic acids is 1. The Hall–Kier alpha value is -1.56. The first-order valence-electron chi connectivity index (χ1n) is 7.68. The number of nitrogens with zero attached hydrogens (tertiary/aromatic N) is 3. The predicted octanol–water partition coefficient (Wildman–Crippen LogP) is 1.54. The normalized spacial score (nSPS) is 25.6. The largest absolute Gasteiger partial charge is 0.444 e. The van der Waals surface area contributed by atoms with Crippen molar-refractivity contribution in [2.24, 2.45) is 4.99 Å². The highest BCUT2D eigenvalue weighted by Gasteiger charge is 2.37. The van der Waals surface area contributed by atoms with Crippen LogP contribution in [0.3, 0.4) is 0 Å². The van der Waals surface area contributed by atoms with Crippen molar-refractivity contribution in [2.45, 2.75) is 45.3 Å². The SMILES string of the molecule is CC(C)(C)OC(=O)N1CCC2NN3CCCN=CC3=C2C1. The molecule has 0 bridgehead atoms. The summed E-state index contributed by atoms with van der Waals surface area (Å²) in [6, 6.07) is 0.336. The predicted molar refractivity (Wildman–Crippen MR) is 81.1 cm³/mol. The van der Waals surface area contributed by atoms with Crippen molar-refractivity contribution < 1.29 is 9.53 Å². The number of hydrogen-bond acceptors (Lipinski definition) is 5. The van der Waals surface area contributed by atoms with E-state index in [2.05, 4.69) is 15.4 Å². The van der Waals surface area contributed by atoms with Crippen LogP contribution in [0.1, 0.15) is 33.6 Å².